The van der Waals surface area contributed by atoms with Gasteiger partial charge in [-0.05, 0) is 25.0 Å². The van der Waals surface area contributed by atoms with Crippen molar-refractivity contribution >= 4 is 5.97 Å². The van der Waals surface area contributed by atoms with Gasteiger partial charge in [0, 0.05) is 12.0 Å². The number of hydrogen-bond acceptors (Lipinski definition) is 3. The molecular weight excluding hydrogens is 280 g/mol. The highest BCUT2D eigenvalue weighted by Crippen LogP contribution is 2.35. The lowest BCUT2D eigenvalue weighted by molar-refractivity contribution is 0.0694. The van der Waals surface area contributed by atoms with Crippen LogP contribution in [0.15, 0.2) is 30.5 Å². The lowest BCUT2D eigenvalue weighted by Crippen LogP contribution is -2.14. The minimum Gasteiger partial charge on any atom is -0.497 e. The third-order valence-corrected chi connectivity index (χ3v) is 4.33. The fourth-order valence-corrected chi connectivity index (χ4v) is 3.24. The molecule has 116 valence electrons. The topological polar surface area (TPSA) is 64.4 Å². The monoisotopic (exact) mass is 300 g/mol. The Balaban J connectivity index is 2.08. The summed E-state index contributed by atoms with van der Waals surface area (Å²) in [4.78, 5) is 11.6. The van der Waals surface area contributed by atoms with Crippen LogP contribution in [0.25, 0.3) is 5.69 Å². The van der Waals surface area contributed by atoms with E-state index in [2.05, 4.69) is 5.10 Å². The van der Waals surface area contributed by atoms with Gasteiger partial charge in [-0.3, -0.25) is 0 Å². The molecule has 1 N–H and O–H groups in total. The largest absolute Gasteiger partial charge is 0.497 e. The minimum absolute atomic E-state index is 0.258. The van der Waals surface area contributed by atoms with E-state index < -0.39 is 5.97 Å². The zero-order valence-electron chi connectivity index (χ0n) is 12.7. The molecular formula is C17H20N2O3. The summed E-state index contributed by atoms with van der Waals surface area (Å²) in [5.41, 5.74) is 1.97. The van der Waals surface area contributed by atoms with Gasteiger partial charge in [-0.25, -0.2) is 9.48 Å². The van der Waals surface area contributed by atoms with E-state index in [0.717, 1.165) is 42.8 Å². The third-order valence-electron chi connectivity index (χ3n) is 4.33. The Morgan fingerprint density at radius 3 is 2.77 bits per heavy atom. The Bertz CT molecular complexity index is 672. The Morgan fingerprint density at radius 2 is 2.09 bits per heavy atom. The molecule has 1 aliphatic carbocycles. The summed E-state index contributed by atoms with van der Waals surface area (Å²) >= 11 is 0. The molecule has 5 nitrogen and oxygen atoms in total. The number of carbonyl (C=O) groups is 1. The molecule has 22 heavy (non-hydrogen) atoms. The summed E-state index contributed by atoms with van der Waals surface area (Å²) in [5, 5.41) is 13.8. The predicted molar refractivity (Wildman–Crippen MR) is 82.9 cm³/mol. The molecule has 0 spiro atoms. The molecule has 1 fully saturated rings. The number of aromatic nitrogens is 2. The van der Waals surface area contributed by atoms with E-state index in [-0.39, 0.29) is 5.92 Å². The van der Waals surface area contributed by atoms with Crippen molar-refractivity contribution in [3.8, 4) is 11.4 Å². The molecule has 0 unspecified atom stereocenters. The van der Waals surface area contributed by atoms with Crippen LogP contribution in [0.2, 0.25) is 0 Å². The Labute approximate surface area is 129 Å². The lowest BCUT2D eigenvalue weighted by atomic mass is 9.85. The van der Waals surface area contributed by atoms with Gasteiger partial charge in [-0.15, -0.1) is 0 Å². The van der Waals surface area contributed by atoms with E-state index in [0.29, 0.717) is 5.56 Å². The average Bonchev–Trinajstić information content (AvgIpc) is 3.01. The molecule has 0 bridgehead atoms. The second-order valence-electron chi connectivity index (χ2n) is 5.70. The van der Waals surface area contributed by atoms with Crippen LogP contribution in [0.5, 0.6) is 5.75 Å². The number of aromatic carboxylic acids is 1. The maximum Gasteiger partial charge on any atom is 0.339 e. The van der Waals surface area contributed by atoms with Crippen molar-refractivity contribution in [1.82, 2.24) is 9.78 Å². The fourth-order valence-electron chi connectivity index (χ4n) is 3.24. The first kappa shape index (κ1) is 14.6. The maximum absolute atomic E-state index is 11.6. The molecule has 2 aromatic rings. The number of nitrogens with zero attached hydrogens (tertiary/aromatic N) is 2. The number of carboxylic acid groups (broad SMARTS) is 1. The SMILES string of the molecule is COc1cccc(-n2ncc(C(=O)O)c2C2CCCCC2)c1. The summed E-state index contributed by atoms with van der Waals surface area (Å²) in [6, 6.07) is 7.56. The van der Waals surface area contributed by atoms with E-state index in [1.165, 1.54) is 12.6 Å². The van der Waals surface area contributed by atoms with Crippen LogP contribution in [0.4, 0.5) is 0 Å². The van der Waals surface area contributed by atoms with Gasteiger partial charge in [0.1, 0.15) is 11.3 Å². The molecule has 0 saturated heterocycles. The standard InChI is InChI=1S/C17H20N2O3/c1-22-14-9-5-8-13(10-14)19-16(12-6-3-2-4-7-12)15(11-18-19)17(20)21/h5,8-12H,2-4,6-7H2,1H3,(H,20,21). The molecule has 1 saturated carbocycles. The number of ether oxygens (including phenoxy) is 1. The maximum atomic E-state index is 11.6. The normalized spacial score (nSPS) is 15.7. The highest BCUT2D eigenvalue weighted by molar-refractivity contribution is 5.89. The van der Waals surface area contributed by atoms with E-state index >= 15 is 0 Å². The summed E-state index contributed by atoms with van der Waals surface area (Å²) in [5.74, 6) is 0.0859. The van der Waals surface area contributed by atoms with Crippen LogP contribution in [-0.2, 0) is 0 Å². The second kappa shape index (κ2) is 6.22. The number of rotatable bonds is 4. The Hall–Kier alpha value is -2.30. The number of hydrogen-bond donors (Lipinski definition) is 1. The molecule has 0 amide bonds. The number of benzene rings is 1. The first-order valence-electron chi connectivity index (χ1n) is 7.66. The molecule has 1 aliphatic rings. The van der Waals surface area contributed by atoms with E-state index in [4.69, 9.17) is 4.74 Å². The van der Waals surface area contributed by atoms with Gasteiger partial charge >= 0.3 is 5.97 Å². The van der Waals surface area contributed by atoms with Crippen LogP contribution in [0, 0.1) is 0 Å². The van der Waals surface area contributed by atoms with Crippen LogP contribution in [0.1, 0.15) is 54.1 Å². The van der Waals surface area contributed by atoms with Gasteiger partial charge in [-0.2, -0.15) is 5.10 Å². The van der Waals surface area contributed by atoms with Crippen LogP contribution < -0.4 is 4.74 Å². The van der Waals surface area contributed by atoms with Gasteiger partial charge in [0.2, 0.25) is 0 Å². The summed E-state index contributed by atoms with van der Waals surface area (Å²) in [6.45, 7) is 0. The van der Waals surface area contributed by atoms with Crippen LogP contribution in [0.3, 0.4) is 0 Å². The third kappa shape index (κ3) is 2.71. The average molecular weight is 300 g/mol. The number of methoxy groups -OCH3 is 1. The minimum atomic E-state index is -0.908. The quantitative estimate of drug-likeness (QED) is 0.936. The summed E-state index contributed by atoms with van der Waals surface area (Å²) in [7, 11) is 1.62. The molecule has 1 aromatic heterocycles. The van der Waals surface area contributed by atoms with Gasteiger partial charge in [0.05, 0.1) is 24.7 Å². The van der Waals surface area contributed by atoms with E-state index in [1.807, 2.05) is 24.3 Å². The zero-order valence-corrected chi connectivity index (χ0v) is 12.7. The van der Waals surface area contributed by atoms with E-state index in [9.17, 15) is 9.90 Å². The molecule has 3 rings (SSSR count). The van der Waals surface area contributed by atoms with Crippen molar-refractivity contribution in [2.75, 3.05) is 7.11 Å². The predicted octanol–water partition coefficient (Wildman–Crippen LogP) is 3.63. The Morgan fingerprint density at radius 1 is 1.32 bits per heavy atom. The van der Waals surface area contributed by atoms with Gasteiger partial charge in [0.25, 0.3) is 0 Å². The van der Waals surface area contributed by atoms with Crippen molar-refractivity contribution < 1.29 is 14.6 Å². The molecule has 1 heterocycles. The van der Waals surface area contributed by atoms with Crippen molar-refractivity contribution in [2.45, 2.75) is 38.0 Å². The first-order valence-corrected chi connectivity index (χ1v) is 7.66. The molecule has 0 aliphatic heterocycles. The van der Waals surface area contributed by atoms with Crippen molar-refractivity contribution in [2.24, 2.45) is 0 Å². The van der Waals surface area contributed by atoms with Crippen molar-refractivity contribution in [3.63, 3.8) is 0 Å². The van der Waals surface area contributed by atoms with Gasteiger partial charge in [0.15, 0.2) is 0 Å². The fraction of sp³-hybridized carbons (Fsp3) is 0.412. The lowest BCUT2D eigenvalue weighted by Gasteiger charge is -2.23. The second-order valence-corrected chi connectivity index (χ2v) is 5.70. The number of carboxylic acids is 1. The Kier molecular flexibility index (Phi) is 4.13. The molecule has 0 atom stereocenters. The summed E-state index contributed by atoms with van der Waals surface area (Å²) < 4.78 is 7.02. The zero-order chi connectivity index (χ0) is 15.5. The molecule has 0 radical (unpaired) electrons. The van der Waals surface area contributed by atoms with Crippen molar-refractivity contribution in [3.05, 3.63) is 41.7 Å². The highest BCUT2D eigenvalue weighted by atomic mass is 16.5. The molecule has 5 heteroatoms. The first-order chi connectivity index (χ1) is 10.7. The van der Waals surface area contributed by atoms with Crippen LogP contribution >= 0.6 is 0 Å². The highest BCUT2D eigenvalue weighted by Gasteiger charge is 2.26. The van der Waals surface area contributed by atoms with Gasteiger partial charge in [-0.1, -0.05) is 25.3 Å². The van der Waals surface area contributed by atoms with Gasteiger partial charge < -0.3 is 9.84 Å². The smallest absolute Gasteiger partial charge is 0.339 e. The summed E-state index contributed by atoms with van der Waals surface area (Å²) in [6.07, 6.45) is 7.03. The molecule has 1 aromatic carbocycles. The van der Waals surface area contributed by atoms with Crippen molar-refractivity contribution in [1.29, 1.82) is 0 Å². The van der Waals surface area contributed by atoms with Crippen LogP contribution in [-0.4, -0.2) is 28.0 Å². The van der Waals surface area contributed by atoms with E-state index in [1.54, 1.807) is 11.8 Å².